The number of nitrogens with one attached hydrogen (secondary N) is 2. The number of alkyl halides is 3. The molecule has 0 aliphatic heterocycles. The van der Waals surface area contributed by atoms with Crippen LogP contribution in [-0.2, 0) is 11.3 Å². The third-order valence-corrected chi connectivity index (χ3v) is 4.84. The van der Waals surface area contributed by atoms with Crippen molar-refractivity contribution < 1.29 is 27.5 Å². The molecule has 27 heavy (non-hydrogen) atoms. The molecule has 0 radical (unpaired) electrons. The largest absolute Gasteiger partial charge is 0.468 e. The fourth-order valence-corrected chi connectivity index (χ4v) is 3.23. The third-order valence-electron chi connectivity index (χ3n) is 3.21. The van der Waals surface area contributed by atoms with Crippen molar-refractivity contribution >= 4 is 39.1 Å². The number of rotatable bonds is 7. The normalized spacial score (nSPS) is 12.3. The Morgan fingerprint density at radius 1 is 1.33 bits per heavy atom. The number of amides is 2. The van der Waals surface area contributed by atoms with Gasteiger partial charge in [0, 0.05) is 18.3 Å². The number of ether oxygens (including phenoxy) is 1. The van der Waals surface area contributed by atoms with Crippen LogP contribution in [0.3, 0.4) is 0 Å². The number of carbonyl (C=O) groups is 2. The van der Waals surface area contributed by atoms with Crippen molar-refractivity contribution in [1.29, 1.82) is 0 Å². The van der Waals surface area contributed by atoms with E-state index in [1.165, 1.54) is 36.6 Å². The van der Waals surface area contributed by atoms with Gasteiger partial charge >= 0.3 is 6.18 Å². The van der Waals surface area contributed by atoms with Crippen LogP contribution in [0.15, 0.2) is 34.2 Å². The van der Waals surface area contributed by atoms with Crippen LogP contribution in [0.25, 0.3) is 0 Å². The Labute approximate surface area is 165 Å². The summed E-state index contributed by atoms with van der Waals surface area (Å²) < 4.78 is 42.3. The van der Waals surface area contributed by atoms with Crippen molar-refractivity contribution in [2.75, 3.05) is 6.61 Å². The first-order valence-electron chi connectivity index (χ1n) is 7.63. The monoisotopic (exact) mass is 465 g/mol. The lowest BCUT2D eigenvalue weighted by Gasteiger charge is -2.15. The lowest BCUT2D eigenvalue weighted by molar-refractivity contribution is -0.154. The van der Waals surface area contributed by atoms with E-state index in [9.17, 15) is 22.8 Å². The minimum Gasteiger partial charge on any atom is -0.468 e. The number of pyridine rings is 1. The van der Waals surface area contributed by atoms with E-state index < -0.39 is 30.6 Å². The summed E-state index contributed by atoms with van der Waals surface area (Å²) >= 11 is 4.47. The van der Waals surface area contributed by atoms with Crippen molar-refractivity contribution in [3.63, 3.8) is 0 Å². The molecule has 2 aromatic rings. The second kappa shape index (κ2) is 9.18. The average Bonchev–Trinajstić information content (AvgIpc) is 3.04. The number of nitrogens with zero attached hydrogens (tertiary/aromatic N) is 1. The first-order chi connectivity index (χ1) is 12.7. The Hall–Kier alpha value is -2.14. The Morgan fingerprint density at radius 2 is 2.07 bits per heavy atom. The summed E-state index contributed by atoms with van der Waals surface area (Å²) in [6.07, 6.45) is -3.20. The molecule has 0 aliphatic rings. The lowest BCUT2D eigenvalue weighted by atomic mass is 10.2. The molecule has 2 heterocycles. The van der Waals surface area contributed by atoms with Crippen LogP contribution in [-0.4, -0.2) is 35.6 Å². The number of hydrogen-bond donors (Lipinski definition) is 2. The standard InChI is InChI=1S/C16H15BrF3N3O3S/c1-9(23-14(25)11-4-5-12(17)27-11)13(24)22-7-10-3-2-6-21-15(10)26-8-16(18,19)20/h2-6,9H,7-8H2,1H3,(H,22,24)(H,23,25). The molecule has 0 saturated carbocycles. The molecule has 2 N–H and O–H groups in total. The van der Waals surface area contributed by atoms with Gasteiger partial charge in [0.15, 0.2) is 6.61 Å². The molecular weight excluding hydrogens is 451 g/mol. The van der Waals surface area contributed by atoms with Gasteiger partial charge in [-0.05, 0) is 41.1 Å². The molecule has 0 aliphatic carbocycles. The van der Waals surface area contributed by atoms with Gasteiger partial charge in [-0.25, -0.2) is 4.98 Å². The zero-order valence-electron chi connectivity index (χ0n) is 14.0. The Balaban J connectivity index is 1.90. The van der Waals surface area contributed by atoms with E-state index in [1.807, 2.05) is 0 Å². The molecule has 2 rings (SSSR count). The molecule has 2 aromatic heterocycles. The minimum absolute atomic E-state index is 0.0926. The SMILES string of the molecule is CC(NC(=O)c1ccc(Br)s1)C(=O)NCc1cccnc1OCC(F)(F)F. The highest BCUT2D eigenvalue weighted by Crippen LogP contribution is 2.22. The molecule has 146 valence electrons. The molecule has 1 unspecified atom stereocenters. The van der Waals surface area contributed by atoms with Crippen molar-refractivity contribution in [1.82, 2.24) is 15.6 Å². The van der Waals surface area contributed by atoms with Gasteiger partial charge in [0.05, 0.1) is 8.66 Å². The predicted molar refractivity (Wildman–Crippen MR) is 96.6 cm³/mol. The van der Waals surface area contributed by atoms with Crippen LogP contribution in [0.5, 0.6) is 5.88 Å². The van der Waals surface area contributed by atoms with Crippen LogP contribution in [0, 0.1) is 0 Å². The van der Waals surface area contributed by atoms with Crippen molar-refractivity contribution in [2.45, 2.75) is 25.7 Å². The Bertz CT molecular complexity index is 813. The van der Waals surface area contributed by atoms with Crippen molar-refractivity contribution in [3.05, 3.63) is 44.7 Å². The third kappa shape index (κ3) is 6.83. The van der Waals surface area contributed by atoms with Crippen molar-refractivity contribution in [2.24, 2.45) is 0 Å². The van der Waals surface area contributed by atoms with E-state index in [0.717, 1.165) is 3.79 Å². The Kier molecular flexibility index (Phi) is 7.19. The van der Waals surface area contributed by atoms with Gasteiger partial charge in [-0.2, -0.15) is 13.2 Å². The van der Waals surface area contributed by atoms with Crippen LogP contribution in [0.1, 0.15) is 22.2 Å². The fourth-order valence-electron chi connectivity index (χ4n) is 1.94. The van der Waals surface area contributed by atoms with Crippen LogP contribution in [0.4, 0.5) is 13.2 Å². The summed E-state index contributed by atoms with van der Waals surface area (Å²) in [7, 11) is 0. The zero-order chi connectivity index (χ0) is 20.0. The maximum Gasteiger partial charge on any atom is 0.422 e. The minimum atomic E-state index is -4.49. The van der Waals surface area contributed by atoms with Crippen LogP contribution >= 0.6 is 27.3 Å². The van der Waals surface area contributed by atoms with Crippen LogP contribution < -0.4 is 15.4 Å². The molecule has 0 bridgehead atoms. The number of carbonyl (C=O) groups excluding carboxylic acids is 2. The summed E-state index contributed by atoms with van der Waals surface area (Å²) in [4.78, 5) is 28.4. The smallest absolute Gasteiger partial charge is 0.422 e. The van der Waals surface area contributed by atoms with Gasteiger partial charge in [0.25, 0.3) is 5.91 Å². The molecule has 2 amide bonds. The molecule has 6 nitrogen and oxygen atoms in total. The van der Waals surface area contributed by atoms with E-state index in [1.54, 1.807) is 12.1 Å². The molecule has 0 fully saturated rings. The second-order valence-electron chi connectivity index (χ2n) is 5.39. The summed E-state index contributed by atoms with van der Waals surface area (Å²) in [5.74, 6) is -1.11. The number of thiophene rings is 1. The van der Waals surface area contributed by atoms with Gasteiger partial charge in [0.2, 0.25) is 11.8 Å². The summed E-state index contributed by atoms with van der Waals surface area (Å²) in [6, 6.07) is 5.51. The highest BCUT2D eigenvalue weighted by atomic mass is 79.9. The molecule has 11 heteroatoms. The maximum absolute atomic E-state index is 12.3. The topological polar surface area (TPSA) is 80.3 Å². The average molecular weight is 466 g/mol. The van der Waals surface area contributed by atoms with Gasteiger partial charge < -0.3 is 15.4 Å². The van der Waals surface area contributed by atoms with Gasteiger partial charge in [-0.1, -0.05) is 6.07 Å². The molecule has 0 aromatic carbocycles. The summed E-state index contributed by atoms with van der Waals surface area (Å²) in [5.41, 5.74) is 0.288. The fraction of sp³-hybridized carbons (Fsp3) is 0.312. The number of halogens is 4. The van der Waals surface area contributed by atoms with E-state index in [4.69, 9.17) is 0 Å². The first kappa shape index (κ1) is 21.2. The number of aromatic nitrogens is 1. The Morgan fingerprint density at radius 3 is 2.70 bits per heavy atom. The van der Waals surface area contributed by atoms with E-state index in [2.05, 4.69) is 36.3 Å². The summed E-state index contributed by atoms with van der Waals surface area (Å²) in [6.45, 7) is -0.0708. The highest BCUT2D eigenvalue weighted by molar-refractivity contribution is 9.11. The zero-order valence-corrected chi connectivity index (χ0v) is 16.4. The molecule has 0 saturated heterocycles. The number of hydrogen-bond acceptors (Lipinski definition) is 5. The van der Waals surface area contributed by atoms with Gasteiger partial charge in [-0.3, -0.25) is 9.59 Å². The van der Waals surface area contributed by atoms with Crippen LogP contribution in [0.2, 0.25) is 0 Å². The molecule has 0 spiro atoms. The highest BCUT2D eigenvalue weighted by Gasteiger charge is 2.29. The first-order valence-corrected chi connectivity index (χ1v) is 9.24. The molecule has 1 atom stereocenters. The molecular formula is C16H15BrF3N3O3S. The van der Waals surface area contributed by atoms with Crippen molar-refractivity contribution in [3.8, 4) is 5.88 Å². The second-order valence-corrected chi connectivity index (χ2v) is 7.85. The summed E-state index contributed by atoms with van der Waals surface area (Å²) in [5, 5.41) is 5.09. The van der Waals surface area contributed by atoms with Gasteiger partial charge in [0.1, 0.15) is 6.04 Å². The quantitative estimate of drug-likeness (QED) is 0.657. The van der Waals surface area contributed by atoms with E-state index >= 15 is 0 Å². The van der Waals surface area contributed by atoms with Gasteiger partial charge in [-0.15, -0.1) is 11.3 Å². The predicted octanol–water partition coefficient (Wildman–Crippen LogP) is 3.28. The van der Waals surface area contributed by atoms with E-state index in [-0.39, 0.29) is 18.0 Å². The lowest BCUT2D eigenvalue weighted by Crippen LogP contribution is -2.44. The van der Waals surface area contributed by atoms with E-state index in [0.29, 0.717) is 4.88 Å². The maximum atomic E-state index is 12.3.